The van der Waals surface area contributed by atoms with E-state index in [0.29, 0.717) is 63.7 Å². The molecule has 4 atom stereocenters. The van der Waals surface area contributed by atoms with Crippen molar-refractivity contribution in [1.82, 2.24) is 40.1 Å². The summed E-state index contributed by atoms with van der Waals surface area (Å²) in [5, 5.41) is 7.08. The first-order chi connectivity index (χ1) is 30.5. The third-order valence-electron chi connectivity index (χ3n) is 13.7. The molecular formula is C47H64N8O7SSi. The van der Waals surface area contributed by atoms with Crippen LogP contribution in [0.15, 0.2) is 41.9 Å². The van der Waals surface area contributed by atoms with Crippen LogP contribution in [0, 0.1) is 16.7 Å². The fourth-order valence-corrected chi connectivity index (χ4v) is 12.2. The number of hydrazine groups is 1. The SMILES string of the molecule is CCn1c(-c2cccnc2[C@H](C)OC)c2c3cc(ccc31)-c1csc(n1)C[C@@]([SiH3])(NC(=O)[C@H](C(C)C)N(C)C(=O)N1CCC3(COC3)C1)C(=O)N1CCC[C@H](N1)C(=O)OCC(C)(C)C2. The number of nitrogens with zero attached hydrogens (tertiary/aromatic N) is 6. The number of urea groups is 1. The number of thiazole rings is 1. The van der Waals surface area contributed by atoms with E-state index >= 15 is 0 Å². The molecule has 64 heavy (non-hydrogen) atoms. The molecule has 3 fully saturated rings. The molecule has 8 rings (SSSR count). The molecule has 1 spiro atoms. The summed E-state index contributed by atoms with van der Waals surface area (Å²) in [7, 11) is 3.57. The maximum Gasteiger partial charge on any atom is 0.324 e. The van der Waals surface area contributed by atoms with E-state index in [1.807, 2.05) is 37.1 Å². The van der Waals surface area contributed by atoms with Gasteiger partial charge in [0, 0.05) is 101 Å². The van der Waals surface area contributed by atoms with E-state index in [9.17, 15) is 19.2 Å². The molecule has 6 bridgehead atoms. The molecular weight excluding hydrogens is 849 g/mol. The summed E-state index contributed by atoms with van der Waals surface area (Å²) < 4.78 is 19.8. The Hall–Kier alpha value is -4.68. The minimum Gasteiger partial charge on any atom is -0.464 e. The molecule has 4 amide bonds. The van der Waals surface area contributed by atoms with E-state index < -0.39 is 34.5 Å². The number of amides is 4. The van der Waals surface area contributed by atoms with Crippen molar-refractivity contribution >= 4 is 56.3 Å². The smallest absolute Gasteiger partial charge is 0.324 e. The van der Waals surface area contributed by atoms with Crippen molar-refractivity contribution in [3.63, 3.8) is 0 Å². The van der Waals surface area contributed by atoms with Crippen molar-refractivity contribution < 1.29 is 33.4 Å². The van der Waals surface area contributed by atoms with Gasteiger partial charge >= 0.3 is 12.0 Å². The summed E-state index contributed by atoms with van der Waals surface area (Å²) in [6.07, 6.45) is 4.21. The van der Waals surface area contributed by atoms with E-state index in [1.165, 1.54) is 21.2 Å². The summed E-state index contributed by atoms with van der Waals surface area (Å²) in [5.41, 5.74) is 9.47. The Morgan fingerprint density at radius 3 is 2.59 bits per heavy atom. The van der Waals surface area contributed by atoms with Gasteiger partial charge in [-0.1, -0.05) is 33.8 Å². The normalized spacial score (nSPS) is 23.2. The van der Waals surface area contributed by atoms with E-state index in [2.05, 4.69) is 60.3 Å². The van der Waals surface area contributed by atoms with Crippen LogP contribution in [0.3, 0.4) is 0 Å². The lowest BCUT2D eigenvalue weighted by molar-refractivity contribution is -0.156. The number of aromatic nitrogens is 3. The Bertz CT molecular complexity index is 2430. The van der Waals surface area contributed by atoms with Gasteiger partial charge in [-0.25, -0.2) is 15.2 Å². The Morgan fingerprint density at radius 1 is 1.12 bits per heavy atom. The maximum absolute atomic E-state index is 15.0. The standard InChI is InChI=1S/C47H64N8O7SSi/c1-9-54-36-15-14-30-20-32(36)33(40(54)31-12-10-17-48-38(31)29(4)60-8)21-45(5,6)25-62-42(57)34-13-11-18-55(51-34)43(58)47(64,22-37-49-35(30)23-63-37)50-41(56)39(28(2)3)52(7)44(59)53-19-16-46(24-53)26-61-27-46/h10,12,14-15,17,20,23,28-29,34,39,51H,9,11,13,16,18-19,21-22,24-27H2,1-8,64H3,(H,50,56)/t29-,34-,39-,47-/m0/s1. The number of carbonyl (C=O) groups excluding carboxylic acids is 4. The number of benzene rings is 1. The number of ether oxygens (including phenoxy) is 3. The van der Waals surface area contributed by atoms with Gasteiger partial charge in [-0.2, -0.15) is 0 Å². The Balaban J connectivity index is 1.19. The molecule has 1 aromatic carbocycles. The van der Waals surface area contributed by atoms with E-state index in [1.54, 1.807) is 20.4 Å². The number of rotatable bonds is 8. The van der Waals surface area contributed by atoms with Crippen LogP contribution in [0.1, 0.15) is 83.2 Å². The number of carbonyl (C=O) groups is 4. The third-order valence-corrected chi connectivity index (χ3v) is 15.5. The van der Waals surface area contributed by atoms with Crippen LogP contribution in [-0.2, 0) is 48.0 Å². The number of aryl methyl sites for hydroxylation is 1. The van der Waals surface area contributed by atoms with Gasteiger partial charge in [0.15, 0.2) is 0 Å². The zero-order valence-corrected chi connectivity index (χ0v) is 41.6. The molecule has 15 nitrogen and oxygen atoms in total. The predicted molar refractivity (Wildman–Crippen MR) is 249 cm³/mol. The first-order valence-corrected chi connectivity index (χ1v) is 24.6. The van der Waals surface area contributed by atoms with Crippen molar-refractivity contribution in [2.45, 2.75) is 104 Å². The van der Waals surface area contributed by atoms with Crippen molar-refractivity contribution in [3.05, 3.63) is 58.2 Å². The molecule has 0 saturated carbocycles. The summed E-state index contributed by atoms with van der Waals surface area (Å²) in [6.45, 7) is 15.9. The number of fused-ring (bicyclic) bond motifs is 6. The lowest BCUT2D eigenvalue weighted by atomic mass is 9.84. The van der Waals surface area contributed by atoms with Gasteiger partial charge in [0.1, 0.15) is 17.2 Å². The molecule has 0 unspecified atom stereocenters. The Morgan fingerprint density at radius 2 is 1.91 bits per heavy atom. The van der Waals surface area contributed by atoms with Crippen LogP contribution in [0.2, 0.25) is 0 Å². The number of methoxy groups -OCH3 is 1. The highest BCUT2D eigenvalue weighted by molar-refractivity contribution is 7.10. The number of cyclic esters (lactones) is 1. The van der Waals surface area contributed by atoms with Crippen LogP contribution in [-0.4, -0.2) is 134 Å². The van der Waals surface area contributed by atoms with Gasteiger partial charge in [0.05, 0.1) is 48.0 Å². The quantitative estimate of drug-likeness (QED) is 0.188. The highest BCUT2D eigenvalue weighted by Crippen LogP contribution is 2.42. The molecule has 3 aromatic heterocycles. The average Bonchev–Trinajstić information content (AvgIpc) is 4.01. The first kappa shape index (κ1) is 45.9. The van der Waals surface area contributed by atoms with Crippen LogP contribution >= 0.6 is 11.3 Å². The van der Waals surface area contributed by atoms with E-state index in [0.717, 1.165) is 51.1 Å². The highest BCUT2D eigenvalue weighted by atomic mass is 32.1. The minimum absolute atomic E-state index is 0.00142. The second kappa shape index (κ2) is 17.9. The number of hydrogen-bond donors (Lipinski definition) is 2. The average molecular weight is 913 g/mol. The molecule has 17 heteroatoms. The maximum atomic E-state index is 15.0. The number of esters is 1. The topological polar surface area (TPSA) is 160 Å². The molecule has 4 aromatic rings. The summed E-state index contributed by atoms with van der Waals surface area (Å²) in [5.74, 6) is -1.44. The lowest BCUT2D eigenvalue weighted by Gasteiger charge is -2.41. The second-order valence-electron chi connectivity index (χ2n) is 19.7. The summed E-state index contributed by atoms with van der Waals surface area (Å²) in [6, 6.07) is 8.68. The van der Waals surface area contributed by atoms with E-state index in [4.69, 9.17) is 24.2 Å². The molecule has 344 valence electrons. The molecule has 0 radical (unpaired) electrons. The number of nitrogens with one attached hydrogen (secondary N) is 2. The molecule has 3 saturated heterocycles. The fraction of sp³-hybridized carbons (Fsp3) is 0.574. The molecule has 0 aliphatic carbocycles. The Labute approximate surface area is 383 Å². The molecule has 2 N–H and O–H groups in total. The zero-order valence-electron chi connectivity index (χ0n) is 38.8. The number of likely N-dealkylation sites (tertiary alicyclic amines) is 1. The van der Waals surface area contributed by atoms with Gasteiger partial charge in [-0.3, -0.25) is 24.4 Å². The van der Waals surface area contributed by atoms with Gasteiger partial charge in [-0.05, 0) is 75.3 Å². The van der Waals surface area contributed by atoms with Crippen LogP contribution < -0.4 is 10.7 Å². The lowest BCUT2D eigenvalue weighted by Crippen LogP contribution is -2.68. The van der Waals surface area contributed by atoms with Gasteiger partial charge < -0.3 is 33.9 Å². The first-order valence-electron chi connectivity index (χ1n) is 22.7. The van der Waals surface area contributed by atoms with Crippen molar-refractivity contribution in [1.29, 1.82) is 0 Å². The fourth-order valence-electron chi connectivity index (χ4n) is 10.1. The van der Waals surface area contributed by atoms with Crippen molar-refractivity contribution in [2.24, 2.45) is 16.7 Å². The van der Waals surface area contributed by atoms with E-state index in [-0.39, 0.29) is 52.6 Å². The summed E-state index contributed by atoms with van der Waals surface area (Å²) in [4.78, 5) is 70.8. The van der Waals surface area contributed by atoms with Gasteiger partial charge in [-0.15, -0.1) is 11.3 Å². The van der Waals surface area contributed by atoms with Crippen LogP contribution in [0.4, 0.5) is 4.79 Å². The van der Waals surface area contributed by atoms with Gasteiger partial charge in [0.25, 0.3) is 5.91 Å². The molecule has 4 aliphatic heterocycles. The monoisotopic (exact) mass is 912 g/mol. The van der Waals surface area contributed by atoms with Crippen LogP contribution in [0.5, 0.6) is 0 Å². The number of likely N-dealkylation sites (N-methyl/N-ethyl adjacent to an activating group) is 1. The van der Waals surface area contributed by atoms with Gasteiger partial charge in [0.2, 0.25) is 5.91 Å². The Kier molecular flexibility index (Phi) is 12.9. The summed E-state index contributed by atoms with van der Waals surface area (Å²) >= 11 is 1.45. The highest BCUT2D eigenvalue weighted by Gasteiger charge is 2.48. The largest absolute Gasteiger partial charge is 0.464 e. The number of pyridine rings is 1. The van der Waals surface area contributed by atoms with Crippen molar-refractivity contribution in [3.8, 4) is 22.5 Å². The molecule has 4 aliphatic rings. The number of hydrogen-bond acceptors (Lipinski definition) is 11. The second-order valence-corrected chi connectivity index (χ2v) is 22.4. The third kappa shape index (κ3) is 8.73. The van der Waals surface area contributed by atoms with Crippen molar-refractivity contribution in [2.75, 3.05) is 53.6 Å². The van der Waals surface area contributed by atoms with Crippen LogP contribution in [0.25, 0.3) is 33.4 Å². The molecule has 7 heterocycles. The minimum atomic E-state index is -1.37. The zero-order chi connectivity index (χ0) is 45.7. The predicted octanol–water partition coefficient (Wildman–Crippen LogP) is 4.69.